The summed E-state index contributed by atoms with van der Waals surface area (Å²) in [5.41, 5.74) is 0.248. The molecule has 3 rings (SSSR count). The van der Waals surface area contributed by atoms with E-state index in [2.05, 4.69) is 10.3 Å². The van der Waals surface area contributed by atoms with Gasteiger partial charge in [-0.15, -0.1) is 11.3 Å². The first-order valence-electron chi connectivity index (χ1n) is 7.59. The number of rotatable bonds is 4. The molecule has 3 nitrogen and oxygen atoms in total. The van der Waals surface area contributed by atoms with Crippen molar-refractivity contribution >= 4 is 28.8 Å². The Balaban J connectivity index is 1.70. The van der Waals surface area contributed by atoms with Crippen LogP contribution in [0.2, 0.25) is 5.02 Å². The van der Waals surface area contributed by atoms with Gasteiger partial charge >= 0.3 is 6.18 Å². The number of halogens is 5. The molecule has 0 radical (unpaired) electrons. The number of benzene rings is 2. The zero-order chi connectivity index (χ0) is 19.6. The van der Waals surface area contributed by atoms with E-state index in [0.29, 0.717) is 16.8 Å². The average Bonchev–Trinajstić information content (AvgIpc) is 3.09. The minimum atomic E-state index is -4.66. The standard InChI is InChI=1S/C18H11ClF4N2OS/c19-13-3-1-11(2-4-13)15-9-27-17(25-15)16(26)24-8-10-5-12(18(21,22)23)7-14(20)6-10/h1-7,9H,8H2,(H,24,26). The first-order valence-corrected chi connectivity index (χ1v) is 8.84. The van der Waals surface area contributed by atoms with Crippen LogP contribution in [0.1, 0.15) is 20.9 Å². The fraction of sp³-hybridized carbons (Fsp3) is 0.111. The van der Waals surface area contributed by atoms with Gasteiger partial charge in [-0.25, -0.2) is 9.37 Å². The number of hydrogen-bond acceptors (Lipinski definition) is 3. The van der Waals surface area contributed by atoms with Crippen molar-refractivity contribution in [3.05, 3.63) is 74.8 Å². The lowest BCUT2D eigenvalue weighted by Crippen LogP contribution is -2.23. The molecule has 0 saturated carbocycles. The Morgan fingerprint density at radius 2 is 1.85 bits per heavy atom. The molecule has 3 aromatic rings. The number of aromatic nitrogens is 1. The molecule has 0 fully saturated rings. The number of thiazole rings is 1. The molecule has 1 N–H and O–H groups in total. The van der Waals surface area contributed by atoms with Gasteiger partial charge in [0, 0.05) is 22.5 Å². The Bertz CT molecular complexity index is 970. The number of carbonyl (C=O) groups excluding carboxylic acids is 1. The summed E-state index contributed by atoms with van der Waals surface area (Å²) in [7, 11) is 0. The summed E-state index contributed by atoms with van der Waals surface area (Å²) in [6.07, 6.45) is -4.66. The topological polar surface area (TPSA) is 42.0 Å². The van der Waals surface area contributed by atoms with Gasteiger partial charge in [-0.2, -0.15) is 13.2 Å². The van der Waals surface area contributed by atoms with Crippen LogP contribution in [0, 0.1) is 5.82 Å². The molecule has 0 atom stereocenters. The Morgan fingerprint density at radius 1 is 1.15 bits per heavy atom. The highest BCUT2D eigenvalue weighted by Gasteiger charge is 2.31. The first kappa shape index (κ1) is 19.3. The molecule has 27 heavy (non-hydrogen) atoms. The van der Waals surface area contributed by atoms with E-state index in [-0.39, 0.29) is 17.1 Å². The summed E-state index contributed by atoms with van der Waals surface area (Å²) in [6, 6.07) is 9.04. The molecule has 0 aliphatic heterocycles. The van der Waals surface area contributed by atoms with E-state index in [1.54, 1.807) is 29.6 Å². The maximum atomic E-state index is 13.4. The Labute approximate surface area is 160 Å². The third-order valence-corrected chi connectivity index (χ3v) is 4.67. The number of nitrogens with one attached hydrogen (secondary N) is 1. The third kappa shape index (κ3) is 4.84. The zero-order valence-corrected chi connectivity index (χ0v) is 15.1. The molecule has 0 spiro atoms. The Morgan fingerprint density at radius 3 is 2.52 bits per heavy atom. The number of alkyl halides is 3. The van der Waals surface area contributed by atoms with Crippen LogP contribution in [0.4, 0.5) is 17.6 Å². The van der Waals surface area contributed by atoms with Crippen LogP contribution in [0.25, 0.3) is 11.3 Å². The molecule has 0 aliphatic rings. The quantitative estimate of drug-likeness (QED) is 0.568. The average molecular weight is 415 g/mol. The summed E-state index contributed by atoms with van der Waals surface area (Å²) in [4.78, 5) is 16.4. The summed E-state index contributed by atoms with van der Waals surface area (Å²) < 4.78 is 51.6. The summed E-state index contributed by atoms with van der Waals surface area (Å²) >= 11 is 6.92. The van der Waals surface area contributed by atoms with E-state index < -0.39 is 23.5 Å². The number of amides is 1. The van der Waals surface area contributed by atoms with Crippen LogP contribution in [-0.2, 0) is 12.7 Å². The van der Waals surface area contributed by atoms with Gasteiger partial charge in [0.1, 0.15) is 5.82 Å². The number of hydrogen-bond donors (Lipinski definition) is 1. The van der Waals surface area contributed by atoms with Gasteiger partial charge in [-0.3, -0.25) is 4.79 Å². The van der Waals surface area contributed by atoms with Crippen molar-refractivity contribution < 1.29 is 22.4 Å². The lowest BCUT2D eigenvalue weighted by molar-refractivity contribution is -0.137. The van der Waals surface area contributed by atoms with Crippen molar-refractivity contribution in [2.24, 2.45) is 0 Å². The first-order chi connectivity index (χ1) is 12.7. The van der Waals surface area contributed by atoms with Crippen molar-refractivity contribution in [3.63, 3.8) is 0 Å². The molecule has 0 unspecified atom stereocenters. The molecule has 140 valence electrons. The molecule has 1 heterocycles. The number of carbonyl (C=O) groups is 1. The van der Waals surface area contributed by atoms with Crippen LogP contribution in [-0.4, -0.2) is 10.9 Å². The molecule has 1 amide bonds. The molecule has 0 bridgehead atoms. The monoisotopic (exact) mass is 414 g/mol. The van der Waals surface area contributed by atoms with E-state index in [1.165, 1.54) is 0 Å². The fourth-order valence-corrected chi connectivity index (χ4v) is 3.17. The molecular weight excluding hydrogens is 404 g/mol. The molecule has 2 aromatic carbocycles. The summed E-state index contributed by atoms with van der Waals surface area (Å²) in [6.45, 7) is -0.254. The molecule has 9 heteroatoms. The van der Waals surface area contributed by atoms with Gasteiger partial charge in [0.25, 0.3) is 5.91 Å². The third-order valence-electron chi connectivity index (χ3n) is 3.58. The van der Waals surface area contributed by atoms with E-state index in [4.69, 9.17) is 11.6 Å². The second-order valence-corrected chi connectivity index (χ2v) is 6.87. The Kier molecular flexibility index (Phi) is 5.48. The largest absolute Gasteiger partial charge is 0.416 e. The fourth-order valence-electron chi connectivity index (χ4n) is 2.31. The van der Waals surface area contributed by atoms with Gasteiger partial charge in [0.15, 0.2) is 5.01 Å². The minimum absolute atomic E-state index is 0.00477. The van der Waals surface area contributed by atoms with Crippen molar-refractivity contribution in [2.75, 3.05) is 0 Å². The summed E-state index contributed by atoms with van der Waals surface area (Å²) in [5, 5.41) is 4.85. The van der Waals surface area contributed by atoms with E-state index in [1.807, 2.05) is 0 Å². The predicted octanol–water partition coefficient (Wildman–Crippen LogP) is 5.55. The lowest BCUT2D eigenvalue weighted by atomic mass is 10.1. The van der Waals surface area contributed by atoms with Crippen molar-refractivity contribution in [3.8, 4) is 11.3 Å². The van der Waals surface area contributed by atoms with Gasteiger partial charge in [0.05, 0.1) is 11.3 Å². The lowest BCUT2D eigenvalue weighted by Gasteiger charge is -2.10. The van der Waals surface area contributed by atoms with E-state index >= 15 is 0 Å². The molecule has 1 aromatic heterocycles. The van der Waals surface area contributed by atoms with Gasteiger partial charge in [0.2, 0.25) is 0 Å². The van der Waals surface area contributed by atoms with Crippen LogP contribution in [0.3, 0.4) is 0 Å². The smallest absolute Gasteiger partial charge is 0.346 e. The normalized spacial score (nSPS) is 11.4. The van der Waals surface area contributed by atoms with Gasteiger partial charge in [-0.1, -0.05) is 23.7 Å². The van der Waals surface area contributed by atoms with Crippen molar-refractivity contribution in [2.45, 2.75) is 12.7 Å². The van der Waals surface area contributed by atoms with E-state index in [9.17, 15) is 22.4 Å². The van der Waals surface area contributed by atoms with Crippen molar-refractivity contribution in [1.29, 1.82) is 0 Å². The van der Waals surface area contributed by atoms with Crippen LogP contribution in [0.15, 0.2) is 47.8 Å². The Hall–Kier alpha value is -2.45. The molecule has 0 saturated heterocycles. The van der Waals surface area contributed by atoms with Crippen LogP contribution in [0.5, 0.6) is 0 Å². The highest BCUT2D eigenvalue weighted by atomic mass is 35.5. The highest BCUT2D eigenvalue weighted by Crippen LogP contribution is 2.30. The van der Waals surface area contributed by atoms with Gasteiger partial charge in [-0.05, 0) is 35.9 Å². The van der Waals surface area contributed by atoms with Crippen LogP contribution >= 0.6 is 22.9 Å². The van der Waals surface area contributed by atoms with E-state index in [0.717, 1.165) is 29.0 Å². The number of nitrogens with zero attached hydrogens (tertiary/aromatic N) is 1. The minimum Gasteiger partial charge on any atom is -0.346 e. The zero-order valence-electron chi connectivity index (χ0n) is 13.5. The van der Waals surface area contributed by atoms with Crippen LogP contribution < -0.4 is 5.32 Å². The second kappa shape index (κ2) is 7.66. The summed E-state index contributed by atoms with van der Waals surface area (Å²) in [5.74, 6) is -1.58. The van der Waals surface area contributed by atoms with Crippen molar-refractivity contribution in [1.82, 2.24) is 10.3 Å². The second-order valence-electron chi connectivity index (χ2n) is 5.57. The molecular formula is C18H11ClF4N2OS. The predicted molar refractivity (Wildman–Crippen MR) is 95.1 cm³/mol. The maximum absolute atomic E-state index is 13.4. The van der Waals surface area contributed by atoms with Gasteiger partial charge < -0.3 is 5.32 Å². The molecule has 0 aliphatic carbocycles. The SMILES string of the molecule is O=C(NCc1cc(F)cc(C(F)(F)F)c1)c1nc(-c2ccc(Cl)cc2)cs1. The maximum Gasteiger partial charge on any atom is 0.416 e. The highest BCUT2D eigenvalue weighted by molar-refractivity contribution is 7.12.